The van der Waals surface area contributed by atoms with Crippen LogP contribution in [0.1, 0.15) is 34.9 Å². The van der Waals surface area contributed by atoms with Crippen LogP contribution in [0.25, 0.3) is 0 Å². The third-order valence-corrected chi connectivity index (χ3v) is 4.17. The van der Waals surface area contributed by atoms with Gasteiger partial charge in [-0.3, -0.25) is 0 Å². The zero-order valence-corrected chi connectivity index (χ0v) is 11.8. The topological polar surface area (TPSA) is 39.2 Å². The van der Waals surface area contributed by atoms with E-state index < -0.39 is 5.97 Å². The maximum atomic E-state index is 13.0. The Morgan fingerprint density at radius 2 is 1.95 bits per heavy atom. The molecule has 0 atom stereocenters. The zero-order valence-electron chi connectivity index (χ0n) is 10.9. The van der Waals surface area contributed by atoms with Gasteiger partial charge in [0, 0.05) is 10.8 Å². The van der Waals surface area contributed by atoms with Gasteiger partial charge in [0.1, 0.15) is 10.8 Å². The predicted octanol–water partition coefficient (Wildman–Crippen LogP) is 3.39. The lowest BCUT2D eigenvalue weighted by molar-refractivity contribution is 0.0594. The molecular weight excluding hydrogens is 265 g/mol. The van der Waals surface area contributed by atoms with Gasteiger partial charge in [-0.15, -0.1) is 11.3 Å². The molecule has 1 aromatic heterocycles. The Hall–Kier alpha value is -1.75. The van der Waals surface area contributed by atoms with E-state index in [0.29, 0.717) is 5.69 Å². The summed E-state index contributed by atoms with van der Waals surface area (Å²) in [5.74, 6) is -0.716. The Kier molecular flexibility index (Phi) is 3.66. The van der Waals surface area contributed by atoms with Crippen molar-refractivity contribution in [2.24, 2.45) is 0 Å². The van der Waals surface area contributed by atoms with Gasteiger partial charge in [-0.25, -0.2) is 14.2 Å². The summed E-state index contributed by atoms with van der Waals surface area (Å²) < 4.78 is 17.6. The molecule has 0 spiro atoms. The molecule has 19 heavy (non-hydrogen) atoms. The summed E-state index contributed by atoms with van der Waals surface area (Å²) in [6.45, 7) is 3.97. The van der Waals surface area contributed by atoms with Crippen molar-refractivity contribution in [3.8, 4) is 0 Å². The van der Waals surface area contributed by atoms with Gasteiger partial charge in [0.25, 0.3) is 0 Å². The molecule has 0 saturated carbocycles. The SMILES string of the molecule is COC(=O)c1csc(C(C)(C)c2ccc(F)cc2)n1. The molecule has 0 aliphatic rings. The monoisotopic (exact) mass is 279 g/mol. The van der Waals surface area contributed by atoms with E-state index in [1.165, 1.54) is 30.6 Å². The molecule has 0 saturated heterocycles. The van der Waals surface area contributed by atoms with Crippen molar-refractivity contribution >= 4 is 17.3 Å². The first-order valence-electron chi connectivity index (χ1n) is 5.75. The smallest absolute Gasteiger partial charge is 0.357 e. The Labute approximate surface area is 115 Å². The molecule has 0 amide bonds. The minimum atomic E-state index is -0.447. The van der Waals surface area contributed by atoms with Crippen molar-refractivity contribution in [3.63, 3.8) is 0 Å². The molecule has 5 heteroatoms. The highest BCUT2D eigenvalue weighted by Gasteiger charge is 2.27. The normalized spacial score (nSPS) is 11.4. The number of hydrogen-bond acceptors (Lipinski definition) is 4. The Morgan fingerprint density at radius 3 is 2.53 bits per heavy atom. The largest absolute Gasteiger partial charge is 0.464 e. The number of methoxy groups -OCH3 is 1. The Bertz CT molecular complexity index is 590. The maximum absolute atomic E-state index is 13.0. The van der Waals surface area contributed by atoms with E-state index in [0.717, 1.165) is 10.6 Å². The number of benzene rings is 1. The van der Waals surface area contributed by atoms with Gasteiger partial charge < -0.3 is 4.74 Å². The van der Waals surface area contributed by atoms with Crippen molar-refractivity contribution in [2.45, 2.75) is 19.3 Å². The number of carbonyl (C=O) groups is 1. The third kappa shape index (κ3) is 2.66. The molecule has 0 unspecified atom stereocenters. The van der Waals surface area contributed by atoms with Crippen LogP contribution in [0.4, 0.5) is 4.39 Å². The fourth-order valence-electron chi connectivity index (χ4n) is 1.75. The average Bonchev–Trinajstić information content (AvgIpc) is 2.88. The van der Waals surface area contributed by atoms with Crippen molar-refractivity contribution in [2.75, 3.05) is 7.11 Å². The Balaban J connectivity index is 2.36. The van der Waals surface area contributed by atoms with Crippen LogP contribution in [0.5, 0.6) is 0 Å². The summed E-state index contributed by atoms with van der Waals surface area (Å²) >= 11 is 1.39. The lowest BCUT2D eigenvalue weighted by Crippen LogP contribution is -2.19. The van der Waals surface area contributed by atoms with Crippen LogP contribution in [-0.4, -0.2) is 18.1 Å². The van der Waals surface area contributed by atoms with Gasteiger partial charge in [-0.2, -0.15) is 0 Å². The first-order chi connectivity index (χ1) is 8.95. The first-order valence-corrected chi connectivity index (χ1v) is 6.63. The quantitative estimate of drug-likeness (QED) is 0.808. The van der Waals surface area contributed by atoms with Crippen LogP contribution in [-0.2, 0) is 10.2 Å². The van der Waals surface area contributed by atoms with Crippen LogP contribution in [0.2, 0.25) is 0 Å². The zero-order chi connectivity index (χ0) is 14.0. The second-order valence-electron chi connectivity index (χ2n) is 4.66. The lowest BCUT2D eigenvalue weighted by atomic mass is 9.85. The Morgan fingerprint density at radius 1 is 1.32 bits per heavy atom. The highest BCUT2D eigenvalue weighted by Crippen LogP contribution is 2.33. The van der Waals surface area contributed by atoms with Crippen molar-refractivity contribution in [1.29, 1.82) is 0 Å². The van der Waals surface area contributed by atoms with Crippen molar-refractivity contribution in [3.05, 3.63) is 51.7 Å². The molecule has 1 aromatic carbocycles. The van der Waals surface area contributed by atoms with Gasteiger partial charge in [0.2, 0.25) is 0 Å². The van der Waals surface area contributed by atoms with Gasteiger partial charge in [0.05, 0.1) is 7.11 Å². The van der Waals surface area contributed by atoms with E-state index in [2.05, 4.69) is 9.72 Å². The molecule has 0 fully saturated rings. The minimum absolute atomic E-state index is 0.270. The molecule has 0 radical (unpaired) electrons. The predicted molar refractivity (Wildman–Crippen MR) is 72.0 cm³/mol. The van der Waals surface area contributed by atoms with Gasteiger partial charge in [0.15, 0.2) is 5.69 Å². The molecule has 0 bridgehead atoms. The van der Waals surface area contributed by atoms with Crippen LogP contribution >= 0.6 is 11.3 Å². The number of aromatic nitrogens is 1. The summed E-state index contributed by atoms with van der Waals surface area (Å²) in [6, 6.07) is 6.31. The lowest BCUT2D eigenvalue weighted by Gasteiger charge is -2.22. The number of thiazole rings is 1. The average molecular weight is 279 g/mol. The summed E-state index contributed by atoms with van der Waals surface area (Å²) in [5, 5.41) is 2.46. The molecule has 0 aliphatic carbocycles. The van der Waals surface area contributed by atoms with Crippen LogP contribution < -0.4 is 0 Å². The summed E-state index contributed by atoms with van der Waals surface area (Å²) in [7, 11) is 1.33. The molecule has 2 aromatic rings. The van der Waals surface area contributed by atoms with E-state index in [-0.39, 0.29) is 11.2 Å². The molecule has 3 nitrogen and oxygen atoms in total. The number of hydrogen-bond donors (Lipinski definition) is 0. The minimum Gasteiger partial charge on any atom is -0.464 e. The summed E-state index contributed by atoms with van der Waals surface area (Å²) in [5.41, 5.74) is 0.863. The van der Waals surface area contributed by atoms with Crippen LogP contribution in [0.3, 0.4) is 0 Å². The second-order valence-corrected chi connectivity index (χ2v) is 5.52. The number of rotatable bonds is 3. The summed E-state index contributed by atoms with van der Waals surface area (Å²) in [4.78, 5) is 15.7. The van der Waals surface area contributed by atoms with Crippen LogP contribution in [0, 0.1) is 5.82 Å². The fraction of sp³-hybridized carbons (Fsp3) is 0.286. The number of esters is 1. The number of halogens is 1. The highest BCUT2D eigenvalue weighted by atomic mass is 32.1. The van der Waals surface area contributed by atoms with Crippen LogP contribution in [0.15, 0.2) is 29.6 Å². The number of nitrogens with zero attached hydrogens (tertiary/aromatic N) is 1. The summed E-state index contributed by atoms with van der Waals surface area (Å²) in [6.07, 6.45) is 0. The standard InChI is InChI=1S/C14H14FNO2S/c1-14(2,9-4-6-10(15)7-5-9)13-16-11(8-19-13)12(17)18-3/h4-8H,1-3H3. The molecule has 0 N–H and O–H groups in total. The van der Waals surface area contributed by atoms with E-state index >= 15 is 0 Å². The van der Waals surface area contributed by atoms with E-state index in [1.54, 1.807) is 17.5 Å². The molecule has 1 heterocycles. The number of carbonyl (C=O) groups excluding carboxylic acids is 1. The van der Waals surface area contributed by atoms with E-state index in [9.17, 15) is 9.18 Å². The molecule has 0 aliphatic heterocycles. The fourth-order valence-corrected chi connectivity index (χ4v) is 2.68. The van der Waals surface area contributed by atoms with Crippen molar-refractivity contribution < 1.29 is 13.9 Å². The van der Waals surface area contributed by atoms with Gasteiger partial charge >= 0.3 is 5.97 Å². The first kappa shape index (κ1) is 13.7. The molecule has 2 rings (SSSR count). The van der Waals surface area contributed by atoms with Gasteiger partial charge in [-0.05, 0) is 31.5 Å². The number of ether oxygens (including phenoxy) is 1. The van der Waals surface area contributed by atoms with E-state index in [1.807, 2.05) is 13.8 Å². The third-order valence-electron chi connectivity index (χ3n) is 3.00. The highest BCUT2D eigenvalue weighted by molar-refractivity contribution is 7.10. The molecule has 100 valence electrons. The maximum Gasteiger partial charge on any atom is 0.357 e. The van der Waals surface area contributed by atoms with E-state index in [4.69, 9.17) is 0 Å². The van der Waals surface area contributed by atoms with Crippen molar-refractivity contribution in [1.82, 2.24) is 4.98 Å². The van der Waals surface area contributed by atoms with Gasteiger partial charge in [-0.1, -0.05) is 12.1 Å². The second kappa shape index (κ2) is 5.09. The molecular formula is C14H14FNO2S.